The summed E-state index contributed by atoms with van der Waals surface area (Å²) in [7, 11) is 3.30. The van der Waals surface area contributed by atoms with E-state index < -0.39 is 0 Å². The molecule has 0 heterocycles. The van der Waals surface area contributed by atoms with E-state index in [4.69, 9.17) is 9.47 Å². The lowest BCUT2D eigenvalue weighted by atomic mass is 10.1. The van der Waals surface area contributed by atoms with Crippen LogP contribution in [0.25, 0.3) is 0 Å². The van der Waals surface area contributed by atoms with Crippen LogP contribution in [0.2, 0.25) is 0 Å². The van der Waals surface area contributed by atoms with E-state index in [1.165, 1.54) is 18.4 Å². The zero-order valence-electron chi connectivity index (χ0n) is 13.5. The SMILES string of the molecule is COc1ccc(CN(CC(O)C(C)C)C2CC2)cc1OC. The van der Waals surface area contributed by atoms with Crippen molar-refractivity contribution < 1.29 is 14.6 Å². The highest BCUT2D eigenvalue weighted by molar-refractivity contribution is 5.42. The van der Waals surface area contributed by atoms with Crippen LogP contribution < -0.4 is 9.47 Å². The molecule has 0 aliphatic heterocycles. The number of rotatable bonds is 8. The maximum Gasteiger partial charge on any atom is 0.161 e. The Kier molecular flexibility index (Phi) is 5.48. The molecule has 0 spiro atoms. The largest absolute Gasteiger partial charge is 0.493 e. The maximum atomic E-state index is 10.1. The molecule has 21 heavy (non-hydrogen) atoms. The average molecular weight is 293 g/mol. The Hall–Kier alpha value is -1.26. The van der Waals surface area contributed by atoms with Crippen molar-refractivity contribution in [1.82, 2.24) is 4.90 Å². The summed E-state index contributed by atoms with van der Waals surface area (Å²) in [6.45, 7) is 5.70. The van der Waals surface area contributed by atoms with Gasteiger partial charge in [-0.15, -0.1) is 0 Å². The van der Waals surface area contributed by atoms with Crippen LogP contribution in [0.1, 0.15) is 32.3 Å². The van der Waals surface area contributed by atoms with Crippen molar-refractivity contribution in [3.63, 3.8) is 0 Å². The minimum absolute atomic E-state index is 0.272. The normalized spacial score (nSPS) is 16.3. The summed E-state index contributed by atoms with van der Waals surface area (Å²) in [5, 5.41) is 10.1. The van der Waals surface area contributed by atoms with Crippen molar-refractivity contribution in [3.8, 4) is 11.5 Å². The first-order valence-electron chi connectivity index (χ1n) is 7.68. The Labute approximate surface area is 127 Å². The molecule has 1 saturated carbocycles. The summed E-state index contributed by atoms with van der Waals surface area (Å²) in [5.41, 5.74) is 1.19. The molecule has 4 heteroatoms. The van der Waals surface area contributed by atoms with Gasteiger partial charge in [-0.3, -0.25) is 4.90 Å². The van der Waals surface area contributed by atoms with Gasteiger partial charge in [0.2, 0.25) is 0 Å². The van der Waals surface area contributed by atoms with E-state index in [0.717, 1.165) is 24.6 Å². The lowest BCUT2D eigenvalue weighted by Crippen LogP contribution is -2.36. The average Bonchev–Trinajstić information content (AvgIpc) is 3.30. The van der Waals surface area contributed by atoms with E-state index in [2.05, 4.69) is 24.8 Å². The minimum atomic E-state index is -0.272. The molecule has 0 saturated heterocycles. The second kappa shape index (κ2) is 7.14. The lowest BCUT2D eigenvalue weighted by molar-refractivity contribution is 0.0696. The molecule has 0 bridgehead atoms. The number of aliphatic hydroxyl groups excluding tert-OH is 1. The molecule has 118 valence electrons. The number of methoxy groups -OCH3 is 2. The van der Waals surface area contributed by atoms with Crippen LogP contribution in [-0.2, 0) is 6.54 Å². The Morgan fingerprint density at radius 1 is 1.19 bits per heavy atom. The molecule has 1 aromatic rings. The fourth-order valence-electron chi connectivity index (χ4n) is 2.45. The zero-order chi connectivity index (χ0) is 15.4. The quantitative estimate of drug-likeness (QED) is 0.800. The lowest BCUT2D eigenvalue weighted by Gasteiger charge is -2.27. The molecule has 1 fully saturated rings. The number of aliphatic hydroxyl groups is 1. The molecule has 1 atom stereocenters. The molecule has 1 aliphatic rings. The van der Waals surface area contributed by atoms with Crippen LogP contribution in [0.3, 0.4) is 0 Å². The van der Waals surface area contributed by atoms with Crippen molar-refractivity contribution in [1.29, 1.82) is 0 Å². The van der Waals surface area contributed by atoms with Crippen molar-refractivity contribution in [2.45, 2.75) is 45.4 Å². The van der Waals surface area contributed by atoms with Crippen LogP contribution in [-0.4, -0.2) is 42.9 Å². The van der Waals surface area contributed by atoms with Crippen LogP contribution in [0, 0.1) is 5.92 Å². The van der Waals surface area contributed by atoms with Gasteiger partial charge in [0.1, 0.15) is 0 Å². The number of benzene rings is 1. The molecular formula is C17H27NO3. The van der Waals surface area contributed by atoms with Crippen molar-refractivity contribution >= 4 is 0 Å². The zero-order valence-corrected chi connectivity index (χ0v) is 13.5. The molecule has 2 rings (SSSR count). The summed E-state index contributed by atoms with van der Waals surface area (Å²) in [5.74, 6) is 1.80. The first-order chi connectivity index (χ1) is 10.0. The highest BCUT2D eigenvalue weighted by Crippen LogP contribution is 2.32. The van der Waals surface area contributed by atoms with Gasteiger partial charge < -0.3 is 14.6 Å². The third kappa shape index (κ3) is 4.35. The van der Waals surface area contributed by atoms with Gasteiger partial charge in [0, 0.05) is 19.1 Å². The first-order valence-corrected chi connectivity index (χ1v) is 7.68. The molecule has 1 N–H and O–H groups in total. The van der Waals surface area contributed by atoms with Gasteiger partial charge in [0.15, 0.2) is 11.5 Å². The molecule has 1 aromatic carbocycles. The van der Waals surface area contributed by atoms with Crippen molar-refractivity contribution in [3.05, 3.63) is 23.8 Å². The summed E-state index contributed by atoms with van der Waals surface area (Å²) in [4.78, 5) is 2.38. The highest BCUT2D eigenvalue weighted by atomic mass is 16.5. The smallest absolute Gasteiger partial charge is 0.161 e. The summed E-state index contributed by atoms with van der Waals surface area (Å²) in [6, 6.07) is 6.65. The van der Waals surface area contributed by atoms with Crippen molar-refractivity contribution in [2.24, 2.45) is 5.92 Å². The van der Waals surface area contributed by atoms with Crippen LogP contribution in [0.15, 0.2) is 18.2 Å². The van der Waals surface area contributed by atoms with Gasteiger partial charge in [-0.25, -0.2) is 0 Å². The van der Waals surface area contributed by atoms with Gasteiger partial charge in [-0.2, -0.15) is 0 Å². The number of hydrogen-bond donors (Lipinski definition) is 1. The number of hydrogen-bond acceptors (Lipinski definition) is 4. The topological polar surface area (TPSA) is 41.9 Å². The second-order valence-corrected chi connectivity index (χ2v) is 6.16. The van der Waals surface area contributed by atoms with Gasteiger partial charge in [0.25, 0.3) is 0 Å². The minimum Gasteiger partial charge on any atom is -0.493 e. The standard InChI is InChI=1S/C17H27NO3/c1-12(2)15(19)11-18(14-6-7-14)10-13-5-8-16(20-3)17(9-13)21-4/h5,8-9,12,14-15,19H,6-7,10-11H2,1-4H3. The van der Waals surface area contributed by atoms with E-state index in [-0.39, 0.29) is 12.0 Å². The van der Waals surface area contributed by atoms with E-state index in [1.54, 1.807) is 14.2 Å². The third-order valence-corrected chi connectivity index (χ3v) is 4.09. The van der Waals surface area contributed by atoms with Gasteiger partial charge >= 0.3 is 0 Å². The summed E-state index contributed by atoms with van der Waals surface area (Å²) < 4.78 is 10.6. The second-order valence-electron chi connectivity index (χ2n) is 6.16. The summed E-state index contributed by atoms with van der Waals surface area (Å²) >= 11 is 0. The molecular weight excluding hydrogens is 266 g/mol. The van der Waals surface area contributed by atoms with Crippen LogP contribution in [0.4, 0.5) is 0 Å². The van der Waals surface area contributed by atoms with Gasteiger partial charge in [0.05, 0.1) is 20.3 Å². The van der Waals surface area contributed by atoms with E-state index in [1.807, 2.05) is 12.1 Å². The first kappa shape index (κ1) is 16.1. The maximum absolute atomic E-state index is 10.1. The van der Waals surface area contributed by atoms with Gasteiger partial charge in [-0.05, 0) is 36.5 Å². The highest BCUT2D eigenvalue weighted by Gasteiger charge is 2.30. The monoisotopic (exact) mass is 293 g/mol. The number of nitrogens with zero attached hydrogens (tertiary/aromatic N) is 1. The Morgan fingerprint density at radius 2 is 1.86 bits per heavy atom. The molecule has 0 radical (unpaired) electrons. The van der Waals surface area contributed by atoms with E-state index in [0.29, 0.717) is 6.04 Å². The molecule has 0 aromatic heterocycles. The number of ether oxygens (including phenoxy) is 2. The van der Waals surface area contributed by atoms with E-state index in [9.17, 15) is 5.11 Å². The van der Waals surface area contributed by atoms with Crippen LogP contribution >= 0.6 is 0 Å². The van der Waals surface area contributed by atoms with E-state index >= 15 is 0 Å². The predicted octanol–water partition coefficient (Wildman–Crippen LogP) is 2.69. The Morgan fingerprint density at radius 3 is 2.38 bits per heavy atom. The fraction of sp³-hybridized carbons (Fsp3) is 0.647. The third-order valence-electron chi connectivity index (χ3n) is 4.09. The fourth-order valence-corrected chi connectivity index (χ4v) is 2.45. The molecule has 0 amide bonds. The Balaban J connectivity index is 2.06. The Bertz CT molecular complexity index is 457. The molecule has 4 nitrogen and oxygen atoms in total. The molecule has 1 aliphatic carbocycles. The van der Waals surface area contributed by atoms with Crippen LogP contribution in [0.5, 0.6) is 11.5 Å². The molecule has 1 unspecified atom stereocenters. The predicted molar refractivity (Wildman–Crippen MR) is 83.8 cm³/mol. The summed E-state index contributed by atoms with van der Waals surface area (Å²) in [6.07, 6.45) is 2.20. The van der Waals surface area contributed by atoms with Gasteiger partial charge in [-0.1, -0.05) is 19.9 Å². The van der Waals surface area contributed by atoms with Crippen molar-refractivity contribution in [2.75, 3.05) is 20.8 Å².